The number of pyridine rings is 1. The van der Waals surface area contributed by atoms with E-state index in [1.165, 1.54) is 5.56 Å². The van der Waals surface area contributed by atoms with Crippen molar-refractivity contribution in [1.82, 2.24) is 4.98 Å². The number of H-pyrrole nitrogens is 1. The lowest BCUT2D eigenvalue weighted by Gasteiger charge is -2.00. The van der Waals surface area contributed by atoms with Crippen molar-refractivity contribution >= 4 is 5.82 Å². The number of hydrogen-bond acceptors (Lipinski definition) is 1. The van der Waals surface area contributed by atoms with Gasteiger partial charge >= 0.3 is 0 Å². The predicted molar refractivity (Wildman–Crippen MR) is 41.8 cm³/mol. The van der Waals surface area contributed by atoms with Crippen molar-refractivity contribution in [3.8, 4) is 11.1 Å². The maximum Gasteiger partial charge on any atom is 0.108 e. The van der Waals surface area contributed by atoms with Crippen LogP contribution >= 0.6 is 0 Å². The van der Waals surface area contributed by atoms with Gasteiger partial charge in [-0.1, -0.05) is 18.2 Å². The topological polar surface area (TPSA) is 41.8 Å². The minimum atomic E-state index is 0.738. The first-order valence-corrected chi connectivity index (χ1v) is 3.19. The van der Waals surface area contributed by atoms with E-state index < -0.39 is 0 Å². The molecule has 0 spiro atoms. The Hall–Kier alpha value is -1.44. The van der Waals surface area contributed by atoms with Gasteiger partial charge in [0.1, 0.15) is 5.82 Å². The molecule has 2 nitrogen and oxygen atoms in total. The zero-order chi connectivity index (χ0) is 6.97. The number of nitrogen functional groups attached to an aromatic ring is 1. The summed E-state index contributed by atoms with van der Waals surface area (Å²) in [6.45, 7) is 0. The van der Waals surface area contributed by atoms with Gasteiger partial charge in [-0.2, -0.15) is 0 Å². The number of anilines is 1. The fraction of sp³-hybridized carbons (Fsp3) is 0. The number of hydrogen-bond donors (Lipinski definition) is 2. The molecule has 0 fully saturated rings. The number of nitrogens with one attached hydrogen (secondary N) is 1. The van der Waals surface area contributed by atoms with E-state index in [1.54, 1.807) is 0 Å². The lowest BCUT2D eigenvalue weighted by Crippen LogP contribution is -1.91. The van der Waals surface area contributed by atoms with E-state index in [4.69, 9.17) is 5.73 Å². The summed E-state index contributed by atoms with van der Waals surface area (Å²) < 4.78 is 0. The van der Waals surface area contributed by atoms with Crippen molar-refractivity contribution < 1.29 is 0 Å². The van der Waals surface area contributed by atoms with Crippen LogP contribution in [0.4, 0.5) is 5.82 Å². The SMILES string of the molecule is Nc1[nH]ccc2cccc1-2. The second kappa shape index (κ2) is 1.77. The molecule has 50 valence electrons. The minimum Gasteiger partial charge on any atom is -0.385 e. The Balaban J connectivity index is 2.80. The summed E-state index contributed by atoms with van der Waals surface area (Å²) >= 11 is 0. The number of nitrogens with two attached hydrogens (primary N) is 1. The quantitative estimate of drug-likeness (QED) is 0.562. The van der Waals surface area contributed by atoms with Gasteiger partial charge in [0.2, 0.25) is 0 Å². The van der Waals surface area contributed by atoms with Crippen LogP contribution in [-0.4, -0.2) is 4.98 Å². The van der Waals surface area contributed by atoms with E-state index in [2.05, 4.69) is 4.98 Å². The molecule has 1 heterocycles. The van der Waals surface area contributed by atoms with E-state index in [0.29, 0.717) is 0 Å². The van der Waals surface area contributed by atoms with Gasteiger partial charge in [0.05, 0.1) is 0 Å². The number of fused-ring (bicyclic) bond motifs is 1. The molecule has 0 aromatic carbocycles. The van der Waals surface area contributed by atoms with Gasteiger partial charge in [-0.15, -0.1) is 0 Å². The number of rotatable bonds is 0. The van der Waals surface area contributed by atoms with E-state index in [1.807, 2.05) is 30.5 Å². The Morgan fingerprint density at radius 3 is 2.90 bits per heavy atom. The zero-order valence-electron chi connectivity index (χ0n) is 5.46. The highest BCUT2D eigenvalue weighted by Gasteiger charge is 2.02. The van der Waals surface area contributed by atoms with Gasteiger partial charge < -0.3 is 10.7 Å². The first-order chi connectivity index (χ1) is 4.88. The molecule has 2 heteroatoms. The number of aromatic amines is 1. The molecule has 1 aliphatic carbocycles. The molecule has 0 aromatic rings. The normalized spacial score (nSPS) is 10.4. The molecule has 2 aliphatic rings. The average Bonchev–Trinajstić information content (AvgIpc) is 2.36. The molecule has 10 heavy (non-hydrogen) atoms. The lowest BCUT2D eigenvalue weighted by molar-refractivity contribution is 1.34. The van der Waals surface area contributed by atoms with Gasteiger partial charge in [-0.05, 0) is 11.6 Å². The van der Waals surface area contributed by atoms with Crippen LogP contribution in [0.2, 0.25) is 0 Å². The third-order valence-corrected chi connectivity index (χ3v) is 1.64. The molecule has 0 saturated carbocycles. The second-order valence-corrected chi connectivity index (χ2v) is 2.29. The molecular weight excluding hydrogens is 124 g/mol. The van der Waals surface area contributed by atoms with Crippen LogP contribution in [0.1, 0.15) is 0 Å². The number of aromatic nitrogens is 1. The zero-order valence-corrected chi connectivity index (χ0v) is 5.46. The fourth-order valence-corrected chi connectivity index (χ4v) is 1.12. The van der Waals surface area contributed by atoms with Crippen molar-refractivity contribution in [2.45, 2.75) is 0 Å². The first kappa shape index (κ1) is 5.35. The Morgan fingerprint density at radius 1 is 1.20 bits per heavy atom. The summed E-state index contributed by atoms with van der Waals surface area (Å²) in [6.07, 6.45) is 1.84. The third-order valence-electron chi connectivity index (χ3n) is 1.64. The molecule has 0 radical (unpaired) electrons. The van der Waals surface area contributed by atoms with Gasteiger partial charge in [-0.25, -0.2) is 0 Å². The van der Waals surface area contributed by atoms with Crippen LogP contribution in [0, 0.1) is 0 Å². The highest BCUT2D eigenvalue weighted by molar-refractivity contribution is 5.75. The van der Waals surface area contributed by atoms with Crippen molar-refractivity contribution in [2.75, 3.05) is 5.73 Å². The molecule has 0 amide bonds. The van der Waals surface area contributed by atoms with Crippen LogP contribution < -0.4 is 5.73 Å². The Labute approximate surface area is 59.0 Å². The maximum atomic E-state index is 5.65. The molecule has 0 unspecified atom stereocenters. The van der Waals surface area contributed by atoms with Crippen molar-refractivity contribution in [1.29, 1.82) is 0 Å². The first-order valence-electron chi connectivity index (χ1n) is 3.19. The Morgan fingerprint density at radius 2 is 2.10 bits per heavy atom. The van der Waals surface area contributed by atoms with Crippen LogP contribution in [0.15, 0.2) is 30.5 Å². The molecule has 2 rings (SSSR count). The van der Waals surface area contributed by atoms with Gasteiger partial charge in [-0.3, -0.25) is 0 Å². The molecular formula is C8H8N2. The molecule has 0 aromatic heterocycles. The Kier molecular flexibility index (Phi) is 0.947. The van der Waals surface area contributed by atoms with E-state index >= 15 is 0 Å². The summed E-state index contributed by atoms with van der Waals surface area (Å²) in [6, 6.07) is 8.04. The lowest BCUT2D eigenvalue weighted by atomic mass is 10.2. The second-order valence-electron chi connectivity index (χ2n) is 2.29. The van der Waals surface area contributed by atoms with Crippen molar-refractivity contribution in [3.63, 3.8) is 0 Å². The molecule has 3 N–H and O–H groups in total. The van der Waals surface area contributed by atoms with Crippen LogP contribution in [0.25, 0.3) is 11.1 Å². The van der Waals surface area contributed by atoms with Crippen LogP contribution in [0.3, 0.4) is 0 Å². The van der Waals surface area contributed by atoms with Crippen LogP contribution in [-0.2, 0) is 0 Å². The van der Waals surface area contributed by atoms with Crippen LogP contribution in [0.5, 0.6) is 0 Å². The minimum absolute atomic E-state index is 0.738. The summed E-state index contributed by atoms with van der Waals surface area (Å²) in [5, 5.41) is 0. The summed E-state index contributed by atoms with van der Waals surface area (Å²) in [5.74, 6) is 0.738. The van der Waals surface area contributed by atoms with Crippen molar-refractivity contribution in [3.05, 3.63) is 30.5 Å². The molecule has 0 bridgehead atoms. The highest BCUT2D eigenvalue weighted by atomic mass is 14.8. The third kappa shape index (κ3) is 0.589. The monoisotopic (exact) mass is 132 g/mol. The summed E-state index contributed by atoms with van der Waals surface area (Å²) in [7, 11) is 0. The van der Waals surface area contributed by atoms with Gasteiger partial charge in [0, 0.05) is 11.8 Å². The summed E-state index contributed by atoms with van der Waals surface area (Å²) in [5.41, 5.74) is 7.94. The maximum absolute atomic E-state index is 5.65. The van der Waals surface area contributed by atoms with E-state index in [-0.39, 0.29) is 0 Å². The smallest absolute Gasteiger partial charge is 0.108 e. The molecule has 0 saturated heterocycles. The van der Waals surface area contributed by atoms with Crippen molar-refractivity contribution in [2.24, 2.45) is 0 Å². The standard InChI is InChI=1S/C8H8N2/c9-8-7-3-1-2-6(7)4-5-10-8/h1-5,10H,9H2. The van der Waals surface area contributed by atoms with Gasteiger partial charge in [0.25, 0.3) is 0 Å². The Bertz CT molecular complexity index is 311. The molecule has 1 aliphatic heterocycles. The van der Waals surface area contributed by atoms with E-state index in [0.717, 1.165) is 11.4 Å². The van der Waals surface area contributed by atoms with E-state index in [9.17, 15) is 0 Å². The highest BCUT2D eigenvalue weighted by Crippen LogP contribution is 2.25. The predicted octanol–water partition coefficient (Wildman–Crippen LogP) is 1.70. The average molecular weight is 132 g/mol. The summed E-state index contributed by atoms with van der Waals surface area (Å²) in [4.78, 5) is 2.94. The fourth-order valence-electron chi connectivity index (χ4n) is 1.12. The molecule has 0 atom stereocenters. The largest absolute Gasteiger partial charge is 0.385 e. The van der Waals surface area contributed by atoms with Gasteiger partial charge in [0.15, 0.2) is 0 Å².